The number of nitrogens with one attached hydrogen (secondary N) is 1. The fraction of sp³-hybridized carbons (Fsp3) is 0.227. The number of carboxylic acids is 1. The van der Waals surface area contributed by atoms with Crippen molar-refractivity contribution in [1.82, 2.24) is 9.97 Å². The molecule has 0 radical (unpaired) electrons. The normalized spacial score (nSPS) is 11.2. The predicted octanol–water partition coefficient (Wildman–Crippen LogP) is 4.96. The number of carboxylic acid groups (broad SMARTS) is 1. The van der Waals surface area contributed by atoms with Crippen LogP contribution in [0, 0.1) is 0 Å². The number of fused-ring (bicyclic) bond motifs is 3. The van der Waals surface area contributed by atoms with Crippen molar-refractivity contribution in [2.75, 3.05) is 5.32 Å². The summed E-state index contributed by atoms with van der Waals surface area (Å²) in [5.41, 5.74) is 1.04. The van der Waals surface area contributed by atoms with Gasteiger partial charge in [0.15, 0.2) is 0 Å². The van der Waals surface area contributed by atoms with Crippen molar-refractivity contribution in [2.45, 2.75) is 32.2 Å². The number of aryl methyl sites for hydroxylation is 1. The number of unbranched alkanes of at least 4 members (excludes halogenated alkanes) is 1. The lowest BCUT2D eigenvalue weighted by molar-refractivity contribution is -0.137. The second-order valence-corrected chi connectivity index (χ2v) is 7.92. The van der Waals surface area contributed by atoms with E-state index in [4.69, 9.17) is 15.1 Å². The number of aliphatic carboxylic acids is 1. The molecular formula is C22H21N3O3S. The first-order chi connectivity index (χ1) is 14.1. The SMILES string of the molecule is O=C(O)CCCCc1nc(NCc2ccc(O)cc2)c2c(n1)sc1ccccc12. The summed E-state index contributed by atoms with van der Waals surface area (Å²) in [6, 6.07) is 15.3. The van der Waals surface area contributed by atoms with Crippen molar-refractivity contribution < 1.29 is 15.0 Å². The number of aromatic hydroxyl groups is 1. The summed E-state index contributed by atoms with van der Waals surface area (Å²) in [6.07, 6.45) is 2.15. The molecule has 0 saturated heterocycles. The third-order valence-electron chi connectivity index (χ3n) is 4.72. The molecule has 0 saturated carbocycles. The molecule has 0 aliphatic rings. The van der Waals surface area contributed by atoms with Crippen LogP contribution in [0.3, 0.4) is 0 Å². The minimum atomic E-state index is -0.776. The van der Waals surface area contributed by atoms with Gasteiger partial charge >= 0.3 is 5.97 Å². The first-order valence-corrected chi connectivity index (χ1v) is 10.3. The summed E-state index contributed by atoms with van der Waals surface area (Å²) in [5, 5.41) is 23.9. The molecule has 29 heavy (non-hydrogen) atoms. The van der Waals surface area contributed by atoms with Crippen LogP contribution in [0.2, 0.25) is 0 Å². The summed E-state index contributed by atoms with van der Waals surface area (Å²) >= 11 is 1.64. The van der Waals surface area contributed by atoms with Crippen LogP contribution in [-0.2, 0) is 17.8 Å². The Kier molecular flexibility index (Phi) is 5.57. The highest BCUT2D eigenvalue weighted by molar-refractivity contribution is 7.25. The summed E-state index contributed by atoms with van der Waals surface area (Å²) < 4.78 is 1.16. The molecule has 0 unspecified atom stereocenters. The summed E-state index contributed by atoms with van der Waals surface area (Å²) in [4.78, 5) is 21.2. The molecule has 0 bridgehead atoms. The monoisotopic (exact) mass is 407 g/mol. The maximum atomic E-state index is 10.7. The largest absolute Gasteiger partial charge is 0.508 e. The van der Waals surface area contributed by atoms with Gasteiger partial charge in [0.25, 0.3) is 0 Å². The van der Waals surface area contributed by atoms with Crippen LogP contribution < -0.4 is 5.32 Å². The van der Waals surface area contributed by atoms with Gasteiger partial charge in [0.1, 0.15) is 22.2 Å². The minimum absolute atomic E-state index is 0.164. The van der Waals surface area contributed by atoms with E-state index in [0.29, 0.717) is 19.4 Å². The van der Waals surface area contributed by atoms with Crippen LogP contribution in [0.25, 0.3) is 20.3 Å². The van der Waals surface area contributed by atoms with Crippen molar-refractivity contribution in [3.8, 4) is 5.75 Å². The van der Waals surface area contributed by atoms with Crippen LogP contribution >= 0.6 is 11.3 Å². The number of nitrogens with zero attached hydrogens (tertiary/aromatic N) is 2. The number of thiophene rings is 1. The Bertz CT molecular complexity index is 1160. The number of phenols is 1. The molecule has 2 aromatic heterocycles. The number of benzene rings is 2. The quantitative estimate of drug-likeness (QED) is 0.357. The van der Waals surface area contributed by atoms with Gasteiger partial charge in [0.05, 0.1) is 5.39 Å². The molecule has 0 fully saturated rings. The standard InChI is InChI=1S/C22H21N3O3S/c26-15-11-9-14(10-12-15)13-23-21-20-16-5-1-2-6-17(16)29-22(20)25-18(24-21)7-3-4-8-19(27)28/h1-2,5-6,9-12,26H,3-4,7-8,13H2,(H,27,28)(H,23,24,25). The summed E-state index contributed by atoms with van der Waals surface area (Å²) in [6.45, 7) is 0.578. The molecule has 0 atom stereocenters. The van der Waals surface area contributed by atoms with Crippen LogP contribution in [0.4, 0.5) is 5.82 Å². The number of hydrogen-bond donors (Lipinski definition) is 3. The fourth-order valence-electron chi connectivity index (χ4n) is 3.27. The molecule has 7 heteroatoms. The van der Waals surface area contributed by atoms with Crippen molar-refractivity contribution in [3.05, 3.63) is 59.9 Å². The van der Waals surface area contributed by atoms with E-state index >= 15 is 0 Å². The average Bonchev–Trinajstić information content (AvgIpc) is 3.09. The van der Waals surface area contributed by atoms with Crippen molar-refractivity contribution in [1.29, 1.82) is 0 Å². The molecule has 0 aliphatic carbocycles. The molecule has 0 spiro atoms. The van der Waals surface area contributed by atoms with Gasteiger partial charge in [-0.1, -0.05) is 30.3 Å². The minimum Gasteiger partial charge on any atom is -0.508 e. The van der Waals surface area contributed by atoms with Crippen molar-refractivity contribution in [3.63, 3.8) is 0 Å². The van der Waals surface area contributed by atoms with Crippen LogP contribution in [-0.4, -0.2) is 26.2 Å². The Labute approximate surface area is 171 Å². The molecular weight excluding hydrogens is 386 g/mol. The maximum Gasteiger partial charge on any atom is 0.303 e. The summed E-state index contributed by atoms with van der Waals surface area (Å²) in [5.74, 6) is 0.976. The molecule has 4 aromatic rings. The van der Waals surface area contributed by atoms with Gasteiger partial charge < -0.3 is 15.5 Å². The van der Waals surface area contributed by atoms with E-state index in [1.54, 1.807) is 23.5 Å². The van der Waals surface area contributed by atoms with E-state index < -0.39 is 5.97 Å². The van der Waals surface area contributed by atoms with Gasteiger partial charge in [-0.25, -0.2) is 9.97 Å². The lowest BCUT2D eigenvalue weighted by atomic mass is 10.1. The number of rotatable bonds is 8. The lowest BCUT2D eigenvalue weighted by Crippen LogP contribution is -2.05. The van der Waals surface area contributed by atoms with Gasteiger partial charge in [-0.3, -0.25) is 4.79 Å². The van der Waals surface area contributed by atoms with Crippen LogP contribution in [0.5, 0.6) is 5.75 Å². The second kappa shape index (κ2) is 8.45. The van der Waals surface area contributed by atoms with Gasteiger partial charge in [-0.2, -0.15) is 0 Å². The highest BCUT2D eigenvalue weighted by Crippen LogP contribution is 2.36. The number of aromatic nitrogens is 2. The molecule has 148 valence electrons. The molecule has 2 heterocycles. The van der Waals surface area contributed by atoms with E-state index in [1.165, 1.54) is 0 Å². The Morgan fingerprint density at radius 2 is 1.83 bits per heavy atom. The molecule has 3 N–H and O–H groups in total. The van der Waals surface area contributed by atoms with E-state index in [9.17, 15) is 9.90 Å². The Hall–Kier alpha value is -3.19. The fourth-order valence-corrected chi connectivity index (χ4v) is 4.36. The van der Waals surface area contributed by atoms with Crippen molar-refractivity contribution in [2.24, 2.45) is 0 Å². The second-order valence-electron chi connectivity index (χ2n) is 6.89. The van der Waals surface area contributed by atoms with E-state index in [0.717, 1.165) is 43.9 Å². The molecule has 2 aromatic carbocycles. The third-order valence-corrected chi connectivity index (χ3v) is 5.79. The highest BCUT2D eigenvalue weighted by atomic mass is 32.1. The Balaban J connectivity index is 1.64. The van der Waals surface area contributed by atoms with Crippen LogP contribution in [0.1, 0.15) is 30.7 Å². The first kappa shape index (κ1) is 19.1. The average molecular weight is 407 g/mol. The maximum absolute atomic E-state index is 10.7. The van der Waals surface area contributed by atoms with Gasteiger partial charge in [0.2, 0.25) is 0 Å². The van der Waals surface area contributed by atoms with Crippen LogP contribution in [0.15, 0.2) is 48.5 Å². The van der Waals surface area contributed by atoms with E-state index in [2.05, 4.69) is 17.4 Å². The number of anilines is 1. The molecule has 0 amide bonds. The highest BCUT2D eigenvalue weighted by Gasteiger charge is 2.14. The smallest absolute Gasteiger partial charge is 0.303 e. The lowest BCUT2D eigenvalue weighted by Gasteiger charge is -2.10. The first-order valence-electron chi connectivity index (χ1n) is 9.52. The van der Waals surface area contributed by atoms with Gasteiger partial charge in [-0.15, -0.1) is 11.3 Å². The third kappa shape index (κ3) is 4.46. The van der Waals surface area contributed by atoms with E-state index in [-0.39, 0.29) is 12.2 Å². The number of hydrogen-bond acceptors (Lipinski definition) is 6. The van der Waals surface area contributed by atoms with Gasteiger partial charge in [-0.05, 0) is 36.6 Å². The van der Waals surface area contributed by atoms with Crippen molar-refractivity contribution >= 4 is 43.4 Å². The molecule has 6 nitrogen and oxygen atoms in total. The Morgan fingerprint density at radius 1 is 1.03 bits per heavy atom. The molecule has 0 aliphatic heterocycles. The predicted molar refractivity (Wildman–Crippen MR) is 116 cm³/mol. The molecule has 4 rings (SSSR count). The zero-order valence-corrected chi connectivity index (χ0v) is 16.6. The van der Waals surface area contributed by atoms with E-state index in [1.807, 2.05) is 24.3 Å². The zero-order chi connectivity index (χ0) is 20.2. The zero-order valence-electron chi connectivity index (χ0n) is 15.8. The van der Waals surface area contributed by atoms with Gasteiger partial charge in [0, 0.05) is 29.5 Å². The Morgan fingerprint density at radius 3 is 2.62 bits per heavy atom. The number of carbonyl (C=O) groups is 1. The topological polar surface area (TPSA) is 95.3 Å². The number of phenolic OH excluding ortho intramolecular Hbond substituents is 1. The summed E-state index contributed by atoms with van der Waals surface area (Å²) in [7, 11) is 0.